The number of aromatic nitrogens is 1. The number of nitrogens with zero attached hydrogens (tertiary/aromatic N) is 1. The fourth-order valence-electron chi connectivity index (χ4n) is 1.92. The molecule has 2 aromatic rings. The molecule has 2 N–H and O–H groups in total. The fourth-order valence-corrected chi connectivity index (χ4v) is 1.92. The first-order valence-electron chi connectivity index (χ1n) is 6.78. The summed E-state index contributed by atoms with van der Waals surface area (Å²) in [6, 6.07) is 10.8. The van der Waals surface area contributed by atoms with E-state index in [1.165, 1.54) is 6.07 Å². The molecule has 1 heterocycles. The number of aryl methyl sites for hydroxylation is 1. The van der Waals surface area contributed by atoms with Crippen LogP contribution in [-0.4, -0.2) is 17.7 Å². The van der Waals surface area contributed by atoms with Gasteiger partial charge in [-0.25, -0.2) is 0 Å². The van der Waals surface area contributed by atoms with E-state index in [0.717, 1.165) is 16.9 Å². The van der Waals surface area contributed by atoms with Crippen LogP contribution in [-0.2, 0) is 6.54 Å². The number of rotatable bonds is 4. The second-order valence-corrected chi connectivity index (χ2v) is 4.56. The predicted octanol–water partition coefficient (Wildman–Crippen LogP) is 1.55. The molecule has 0 aliphatic heterocycles. The van der Waals surface area contributed by atoms with E-state index < -0.39 is 0 Å². The summed E-state index contributed by atoms with van der Waals surface area (Å²) >= 11 is 0. The van der Waals surface area contributed by atoms with Crippen molar-refractivity contribution in [1.82, 2.24) is 4.57 Å². The smallest absolute Gasteiger partial charge is 0.250 e. The molecule has 21 heavy (non-hydrogen) atoms. The molecule has 4 nitrogen and oxygen atoms in total. The number of nitrogens with two attached hydrogens (primary N) is 1. The van der Waals surface area contributed by atoms with Crippen molar-refractivity contribution in [2.24, 2.45) is 5.73 Å². The first-order chi connectivity index (χ1) is 10.2. The summed E-state index contributed by atoms with van der Waals surface area (Å²) in [5, 5.41) is 0. The number of ether oxygens (including phenoxy) is 1. The van der Waals surface area contributed by atoms with Gasteiger partial charge in [0.15, 0.2) is 0 Å². The molecule has 0 aliphatic rings. The molecule has 0 bridgehead atoms. The van der Waals surface area contributed by atoms with Gasteiger partial charge in [0.25, 0.3) is 5.56 Å². The second kappa shape index (κ2) is 7.32. The second-order valence-electron chi connectivity index (χ2n) is 4.56. The molecule has 2 rings (SSSR count). The third-order valence-corrected chi connectivity index (χ3v) is 3.02. The molecule has 0 saturated carbocycles. The topological polar surface area (TPSA) is 57.2 Å². The average Bonchev–Trinajstić information content (AvgIpc) is 2.48. The molecule has 1 aromatic heterocycles. The van der Waals surface area contributed by atoms with E-state index in [0.29, 0.717) is 19.7 Å². The normalized spacial score (nSPS) is 9.81. The monoisotopic (exact) mass is 282 g/mol. The molecule has 0 saturated heterocycles. The van der Waals surface area contributed by atoms with Gasteiger partial charge >= 0.3 is 0 Å². The highest BCUT2D eigenvalue weighted by atomic mass is 16.5. The lowest BCUT2D eigenvalue weighted by atomic mass is 10.1. The molecule has 0 aliphatic carbocycles. The highest BCUT2D eigenvalue weighted by Crippen LogP contribution is 2.16. The van der Waals surface area contributed by atoms with Gasteiger partial charge in [0.1, 0.15) is 12.4 Å². The highest BCUT2D eigenvalue weighted by Gasteiger charge is 2.00. The van der Waals surface area contributed by atoms with E-state index in [1.54, 1.807) is 16.8 Å². The van der Waals surface area contributed by atoms with E-state index in [2.05, 4.69) is 11.8 Å². The summed E-state index contributed by atoms with van der Waals surface area (Å²) in [6.07, 6.45) is 1.75. The van der Waals surface area contributed by atoms with Crippen LogP contribution in [0.4, 0.5) is 0 Å². The first kappa shape index (κ1) is 14.9. The van der Waals surface area contributed by atoms with Crippen molar-refractivity contribution in [3.8, 4) is 17.6 Å². The van der Waals surface area contributed by atoms with Crippen molar-refractivity contribution in [2.45, 2.75) is 13.5 Å². The quantitative estimate of drug-likeness (QED) is 0.866. The SMILES string of the molecule is Cc1cc(OCCn2ccccc2=O)ccc1C#CCN. The molecular formula is C17H18N2O2. The van der Waals surface area contributed by atoms with Gasteiger partial charge < -0.3 is 15.0 Å². The summed E-state index contributed by atoms with van der Waals surface area (Å²) in [6.45, 7) is 3.29. The van der Waals surface area contributed by atoms with Crippen LogP contribution >= 0.6 is 0 Å². The van der Waals surface area contributed by atoms with Crippen molar-refractivity contribution in [3.05, 3.63) is 64.1 Å². The lowest BCUT2D eigenvalue weighted by molar-refractivity contribution is 0.296. The van der Waals surface area contributed by atoms with Crippen LogP contribution in [0.3, 0.4) is 0 Å². The Balaban J connectivity index is 1.96. The summed E-state index contributed by atoms with van der Waals surface area (Å²) in [4.78, 5) is 11.5. The summed E-state index contributed by atoms with van der Waals surface area (Å²) in [5.41, 5.74) is 7.34. The minimum Gasteiger partial charge on any atom is -0.492 e. The fraction of sp³-hybridized carbons (Fsp3) is 0.235. The van der Waals surface area contributed by atoms with Crippen molar-refractivity contribution in [2.75, 3.05) is 13.2 Å². The van der Waals surface area contributed by atoms with Gasteiger partial charge in [0, 0.05) is 17.8 Å². The Morgan fingerprint density at radius 3 is 2.86 bits per heavy atom. The summed E-state index contributed by atoms with van der Waals surface area (Å²) < 4.78 is 7.29. The van der Waals surface area contributed by atoms with Crippen molar-refractivity contribution >= 4 is 0 Å². The zero-order valence-electron chi connectivity index (χ0n) is 12.0. The zero-order valence-corrected chi connectivity index (χ0v) is 12.0. The summed E-state index contributed by atoms with van der Waals surface area (Å²) in [7, 11) is 0. The number of benzene rings is 1. The van der Waals surface area contributed by atoms with Gasteiger partial charge in [-0.2, -0.15) is 0 Å². The molecule has 1 aromatic carbocycles. The lowest BCUT2D eigenvalue weighted by Gasteiger charge is -2.09. The highest BCUT2D eigenvalue weighted by molar-refractivity contribution is 5.44. The molecule has 0 unspecified atom stereocenters. The first-order valence-corrected chi connectivity index (χ1v) is 6.78. The molecule has 0 amide bonds. The van der Waals surface area contributed by atoms with Gasteiger partial charge in [-0.05, 0) is 36.8 Å². The number of hydrogen-bond acceptors (Lipinski definition) is 3. The molecular weight excluding hydrogens is 264 g/mol. The Morgan fingerprint density at radius 1 is 1.29 bits per heavy atom. The Labute approximate surface area is 124 Å². The molecule has 108 valence electrons. The number of hydrogen-bond donors (Lipinski definition) is 1. The third kappa shape index (κ3) is 4.23. The lowest BCUT2D eigenvalue weighted by Crippen LogP contribution is -2.21. The third-order valence-electron chi connectivity index (χ3n) is 3.02. The average molecular weight is 282 g/mol. The minimum atomic E-state index is -0.0234. The summed E-state index contributed by atoms with van der Waals surface area (Å²) in [5.74, 6) is 6.62. The van der Waals surface area contributed by atoms with E-state index in [-0.39, 0.29) is 5.56 Å². The van der Waals surface area contributed by atoms with E-state index in [1.807, 2.05) is 31.2 Å². The minimum absolute atomic E-state index is 0.0234. The Kier molecular flexibility index (Phi) is 5.19. The number of pyridine rings is 1. The van der Waals surface area contributed by atoms with Crippen LogP contribution in [0.2, 0.25) is 0 Å². The Hall–Kier alpha value is -2.51. The maximum absolute atomic E-state index is 11.5. The van der Waals surface area contributed by atoms with Gasteiger partial charge in [0.2, 0.25) is 0 Å². The van der Waals surface area contributed by atoms with Gasteiger partial charge in [-0.3, -0.25) is 4.79 Å². The van der Waals surface area contributed by atoms with E-state index in [4.69, 9.17) is 10.5 Å². The molecule has 0 spiro atoms. The van der Waals surface area contributed by atoms with E-state index in [9.17, 15) is 4.79 Å². The Morgan fingerprint density at radius 2 is 2.14 bits per heavy atom. The predicted molar refractivity (Wildman–Crippen MR) is 83.3 cm³/mol. The van der Waals surface area contributed by atoms with Crippen LogP contribution in [0, 0.1) is 18.8 Å². The van der Waals surface area contributed by atoms with Crippen molar-refractivity contribution in [1.29, 1.82) is 0 Å². The van der Waals surface area contributed by atoms with Gasteiger partial charge in [-0.1, -0.05) is 17.9 Å². The van der Waals surface area contributed by atoms with Crippen molar-refractivity contribution < 1.29 is 4.74 Å². The van der Waals surface area contributed by atoms with Crippen LogP contribution in [0.1, 0.15) is 11.1 Å². The molecule has 4 heteroatoms. The standard InChI is InChI=1S/C17H18N2O2/c1-14-13-16(8-7-15(14)5-4-9-18)21-12-11-19-10-3-2-6-17(19)20/h2-3,6-8,10,13H,9,11-12,18H2,1H3. The Bertz CT molecular complexity index is 723. The van der Waals surface area contributed by atoms with Gasteiger partial charge in [0.05, 0.1) is 13.1 Å². The zero-order chi connectivity index (χ0) is 15.1. The maximum atomic E-state index is 11.5. The largest absolute Gasteiger partial charge is 0.492 e. The maximum Gasteiger partial charge on any atom is 0.250 e. The van der Waals surface area contributed by atoms with E-state index >= 15 is 0 Å². The van der Waals surface area contributed by atoms with Crippen molar-refractivity contribution in [3.63, 3.8) is 0 Å². The van der Waals surface area contributed by atoms with Crippen LogP contribution in [0.5, 0.6) is 5.75 Å². The molecule has 0 fully saturated rings. The molecule has 0 radical (unpaired) electrons. The molecule has 0 atom stereocenters. The van der Waals surface area contributed by atoms with Gasteiger partial charge in [-0.15, -0.1) is 0 Å². The van der Waals surface area contributed by atoms with Crippen LogP contribution < -0.4 is 16.0 Å². The van der Waals surface area contributed by atoms with Crippen LogP contribution in [0.25, 0.3) is 0 Å². The van der Waals surface area contributed by atoms with Crippen LogP contribution in [0.15, 0.2) is 47.4 Å².